The van der Waals surface area contributed by atoms with Crippen LogP contribution in [0.3, 0.4) is 0 Å². The third-order valence-corrected chi connectivity index (χ3v) is 3.55. The molecule has 2 aromatic rings. The molecule has 122 valence electrons. The van der Waals surface area contributed by atoms with Crippen molar-refractivity contribution in [2.45, 2.75) is 19.8 Å². The minimum Gasteiger partial charge on any atom is -0.506 e. The van der Waals surface area contributed by atoms with E-state index < -0.39 is 5.97 Å². The predicted octanol–water partition coefficient (Wildman–Crippen LogP) is 4.49. The van der Waals surface area contributed by atoms with Crippen LogP contribution in [0, 0.1) is 11.3 Å². The summed E-state index contributed by atoms with van der Waals surface area (Å²) < 4.78 is 4.99. The highest BCUT2D eigenvalue weighted by Gasteiger charge is 2.18. The molecule has 2 rings (SSSR count). The molecule has 0 fully saturated rings. The maximum atomic E-state index is 11.9. The van der Waals surface area contributed by atoms with E-state index in [1.54, 1.807) is 18.2 Å². The zero-order valence-corrected chi connectivity index (χ0v) is 13.5. The molecule has 0 aromatic heterocycles. The molecule has 24 heavy (non-hydrogen) atoms. The summed E-state index contributed by atoms with van der Waals surface area (Å²) in [6, 6.07) is 18.5. The lowest BCUT2D eigenvalue weighted by Crippen LogP contribution is -2.10. The average molecular weight is 321 g/mol. The second-order valence-corrected chi connectivity index (χ2v) is 5.27. The first-order valence-electron chi connectivity index (χ1n) is 7.83. The van der Waals surface area contributed by atoms with Gasteiger partial charge in [0.2, 0.25) is 0 Å². The van der Waals surface area contributed by atoms with Gasteiger partial charge in [0, 0.05) is 5.56 Å². The molecule has 1 N–H and O–H groups in total. The Morgan fingerprint density at radius 3 is 2.29 bits per heavy atom. The second-order valence-electron chi connectivity index (χ2n) is 5.27. The first-order chi connectivity index (χ1) is 11.7. The van der Waals surface area contributed by atoms with Gasteiger partial charge in [-0.15, -0.1) is 0 Å². The number of benzene rings is 2. The van der Waals surface area contributed by atoms with Crippen molar-refractivity contribution in [3.8, 4) is 17.2 Å². The van der Waals surface area contributed by atoms with Crippen LogP contribution >= 0.6 is 0 Å². The summed E-state index contributed by atoms with van der Waals surface area (Å²) in [7, 11) is 0. The normalized spacial score (nSPS) is 11.3. The van der Waals surface area contributed by atoms with Gasteiger partial charge in [-0.2, -0.15) is 5.26 Å². The highest BCUT2D eigenvalue weighted by atomic mass is 16.5. The zero-order valence-electron chi connectivity index (χ0n) is 13.5. The molecule has 0 spiro atoms. The van der Waals surface area contributed by atoms with Crippen molar-refractivity contribution in [3.63, 3.8) is 0 Å². The Labute approximate surface area is 141 Å². The van der Waals surface area contributed by atoms with E-state index in [0.717, 1.165) is 24.0 Å². The number of ether oxygens (including phenoxy) is 1. The van der Waals surface area contributed by atoms with E-state index in [1.807, 2.05) is 49.4 Å². The van der Waals surface area contributed by atoms with Gasteiger partial charge < -0.3 is 9.84 Å². The molecule has 0 unspecified atom stereocenters. The summed E-state index contributed by atoms with van der Waals surface area (Å²) in [6.07, 6.45) is 1.60. The molecular formula is C20H19NO3. The fraction of sp³-hybridized carbons (Fsp3) is 0.200. The van der Waals surface area contributed by atoms with Crippen molar-refractivity contribution >= 4 is 11.7 Å². The molecule has 2 aromatic carbocycles. The summed E-state index contributed by atoms with van der Waals surface area (Å²) in [4.78, 5) is 11.9. The van der Waals surface area contributed by atoms with Crippen LogP contribution in [0.4, 0.5) is 0 Å². The monoisotopic (exact) mass is 321 g/mol. The van der Waals surface area contributed by atoms with Gasteiger partial charge in [0.25, 0.3) is 0 Å². The van der Waals surface area contributed by atoms with Gasteiger partial charge >= 0.3 is 5.97 Å². The zero-order chi connectivity index (χ0) is 17.4. The van der Waals surface area contributed by atoms with Crippen LogP contribution in [0.15, 0.2) is 60.2 Å². The van der Waals surface area contributed by atoms with Crippen molar-refractivity contribution in [2.24, 2.45) is 0 Å². The van der Waals surface area contributed by atoms with Crippen molar-refractivity contribution in [1.29, 1.82) is 5.26 Å². The van der Waals surface area contributed by atoms with E-state index in [4.69, 9.17) is 10.00 Å². The summed E-state index contributed by atoms with van der Waals surface area (Å²) in [5.74, 6) is -1.16. The number of esters is 1. The average Bonchev–Trinajstić information content (AvgIpc) is 2.63. The van der Waals surface area contributed by atoms with Crippen molar-refractivity contribution in [3.05, 3.63) is 65.7 Å². The number of aliphatic hydroxyl groups excluding tert-OH is 1. The Bertz CT molecular complexity index is 756. The van der Waals surface area contributed by atoms with E-state index in [-0.39, 0.29) is 17.9 Å². The number of nitriles is 1. The fourth-order valence-electron chi connectivity index (χ4n) is 2.17. The van der Waals surface area contributed by atoms with Crippen molar-refractivity contribution in [1.82, 2.24) is 0 Å². The van der Waals surface area contributed by atoms with Crippen LogP contribution in [0.1, 0.15) is 25.3 Å². The lowest BCUT2D eigenvalue weighted by Gasteiger charge is -2.07. The summed E-state index contributed by atoms with van der Waals surface area (Å²) in [5, 5.41) is 19.4. The van der Waals surface area contributed by atoms with Crippen LogP contribution < -0.4 is 0 Å². The van der Waals surface area contributed by atoms with E-state index in [1.165, 1.54) is 0 Å². The number of hydrogen-bond acceptors (Lipinski definition) is 4. The SMILES string of the molecule is CCCCOC(=O)/C(C#N)=C(\O)c1ccc(-c2ccccc2)cc1. The van der Waals surface area contributed by atoms with E-state index in [2.05, 4.69) is 0 Å². The Kier molecular flexibility index (Phi) is 6.16. The first kappa shape index (κ1) is 17.3. The quantitative estimate of drug-likeness (QED) is 0.280. The number of hydrogen-bond donors (Lipinski definition) is 1. The van der Waals surface area contributed by atoms with E-state index >= 15 is 0 Å². The highest BCUT2D eigenvalue weighted by molar-refractivity contribution is 6.00. The van der Waals surface area contributed by atoms with Gasteiger partial charge in [-0.1, -0.05) is 67.9 Å². The minimum absolute atomic E-state index is 0.237. The third-order valence-electron chi connectivity index (χ3n) is 3.55. The summed E-state index contributed by atoms with van der Waals surface area (Å²) in [6.45, 7) is 2.21. The highest BCUT2D eigenvalue weighted by Crippen LogP contribution is 2.23. The van der Waals surface area contributed by atoms with Crippen LogP contribution in [0.5, 0.6) is 0 Å². The largest absolute Gasteiger partial charge is 0.506 e. The summed E-state index contributed by atoms with van der Waals surface area (Å²) in [5.41, 5.74) is 2.06. The molecule has 0 aliphatic rings. The number of unbranched alkanes of at least 4 members (excludes halogenated alkanes) is 1. The molecule has 4 heteroatoms. The maximum absolute atomic E-state index is 11.9. The van der Waals surface area contributed by atoms with Gasteiger partial charge in [-0.3, -0.25) is 0 Å². The molecule has 0 radical (unpaired) electrons. The first-order valence-corrected chi connectivity index (χ1v) is 7.83. The Hall–Kier alpha value is -3.06. The van der Waals surface area contributed by atoms with Crippen molar-refractivity contribution < 1.29 is 14.6 Å². The molecule has 0 heterocycles. The smallest absolute Gasteiger partial charge is 0.352 e. The van der Waals surface area contributed by atoms with Gasteiger partial charge in [0.05, 0.1) is 6.61 Å². The third kappa shape index (κ3) is 4.23. The molecule has 0 atom stereocenters. The van der Waals surface area contributed by atoms with Crippen LogP contribution in [0.25, 0.3) is 16.9 Å². The molecule has 0 saturated heterocycles. The number of rotatable bonds is 6. The predicted molar refractivity (Wildman–Crippen MR) is 92.9 cm³/mol. The Morgan fingerprint density at radius 1 is 1.08 bits per heavy atom. The number of nitrogens with zero attached hydrogens (tertiary/aromatic N) is 1. The van der Waals surface area contributed by atoms with Crippen LogP contribution in [-0.2, 0) is 9.53 Å². The second kappa shape index (κ2) is 8.54. The molecule has 0 aliphatic carbocycles. The maximum Gasteiger partial charge on any atom is 0.352 e. The van der Waals surface area contributed by atoms with E-state index in [9.17, 15) is 9.90 Å². The molecule has 0 saturated carbocycles. The van der Waals surface area contributed by atoms with Gasteiger partial charge in [0.15, 0.2) is 5.57 Å². The minimum atomic E-state index is -0.796. The van der Waals surface area contributed by atoms with Gasteiger partial charge in [0.1, 0.15) is 11.8 Å². The topological polar surface area (TPSA) is 70.3 Å². The molecule has 0 aliphatic heterocycles. The number of carbonyl (C=O) groups excluding carboxylic acids is 1. The van der Waals surface area contributed by atoms with Gasteiger partial charge in [-0.05, 0) is 17.5 Å². The molecule has 0 amide bonds. The lowest BCUT2D eigenvalue weighted by molar-refractivity contribution is -0.138. The number of aliphatic hydroxyl groups is 1. The van der Waals surface area contributed by atoms with Crippen LogP contribution in [0.2, 0.25) is 0 Å². The van der Waals surface area contributed by atoms with Gasteiger partial charge in [-0.25, -0.2) is 4.79 Å². The van der Waals surface area contributed by atoms with E-state index in [0.29, 0.717) is 5.56 Å². The lowest BCUT2D eigenvalue weighted by atomic mass is 10.0. The summed E-state index contributed by atoms with van der Waals surface area (Å²) >= 11 is 0. The fourth-order valence-corrected chi connectivity index (χ4v) is 2.17. The standard InChI is InChI=1S/C20H19NO3/c1-2-3-13-24-20(23)18(14-21)19(22)17-11-9-16(10-12-17)15-7-5-4-6-8-15/h4-12,22H,2-3,13H2,1H3/b19-18-. The Morgan fingerprint density at radius 2 is 1.71 bits per heavy atom. The van der Waals surface area contributed by atoms with Crippen LogP contribution in [-0.4, -0.2) is 17.7 Å². The van der Waals surface area contributed by atoms with Crippen molar-refractivity contribution in [2.75, 3.05) is 6.61 Å². The number of carbonyl (C=O) groups is 1. The molecular weight excluding hydrogens is 302 g/mol. The molecule has 0 bridgehead atoms. The molecule has 4 nitrogen and oxygen atoms in total. The Balaban J connectivity index is 2.22.